The van der Waals surface area contributed by atoms with E-state index in [1.54, 1.807) is 0 Å². The number of aromatic nitrogens is 1. The van der Waals surface area contributed by atoms with Crippen LogP contribution in [0.2, 0.25) is 0 Å². The normalized spacial score (nSPS) is 23.0. The van der Waals surface area contributed by atoms with Gasteiger partial charge >= 0.3 is 5.97 Å². The van der Waals surface area contributed by atoms with Gasteiger partial charge in [-0.15, -0.1) is 0 Å². The molecule has 2 bridgehead atoms. The number of ether oxygens (including phenoxy) is 3. The largest absolute Gasteiger partial charge is 0.426 e. The van der Waals surface area contributed by atoms with E-state index in [0.29, 0.717) is 19.0 Å². The highest BCUT2D eigenvalue weighted by Crippen LogP contribution is 2.63. The highest BCUT2D eigenvalue weighted by molar-refractivity contribution is 5.71. The molecular formula is C23H28NO4+. The first kappa shape index (κ1) is 19.1. The van der Waals surface area contributed by atoms with Crippen LogP contribution in [0, 0.1) is 5.41 Å². The minimum absolute atomic E-state index is 0.00249. The first-order valence-corrected chi connectivity index (χ1v) is 9.98. The Bertz CT molecular complexity index is 915. The van der Waals surface area contributed by atoms with Crippen molar-refractivity contribution in [3.63, 3.8) is 0 Å². The maximum Gasteiger partial charge on any atom is 0.308 e. The van der Waals surface area contributed by atoms with Gasteiger partial charge in [0, 0.05) is 43.4 Å². The molecular weight excluding hydrogens is 354 g/mol. The molecule has 1 aromatic carbocycles. The summed E-state index contributed by atoms with van der Waals surface area (Å²) in [6.45, 7) is 10.9. The van der Waals surface area contributed by atoms with E-state index >= 15 is 0 Å². The number of carbonyl (C=O) groups excluding carboxylic acids is 1. The number of benzene rings is 1. The van der Waals surface area contributed by atoms with Crippen LogP contribution in [-0.2, 0) is 14.3 Å². The van der Waals surface area contributed by atoms with E-state index < -0.39 is 5.79 Å². The lowest BCUT2D eigenvalue weighted by Gasteiger charge is -2.57. The molecule has 0 fully saturated rings. The number of hydrogen-bond acceptors (Lipinski definition) is 4. The minimum Gasteiger partial charge on any atom is -0.426 e. The highest BCUT2D eigenvalue weighted by atomic mass is 16.7. The number of pyridine rings is 1. The van der Waals surface area contributed by atoms with Crippen LogP contribution < -0.4 is 9.30 Å². The van der Waals surface area contributed by atoms with Crippen molar-refractivity contribution in [3.05, 3.63) is 59.4 Å². The van der Waals surface area contributed by atoms with Crippen LogP contribution in [0.5, 0.6) is 5.75 Å². The van der Waals surface area contributed by atoms with Gasteiger partial charge in [0.2, 0.25) is 0 Å². The van der Waals surface area contributed by atoms with Crippen LogP contribution in [0.4, 0.5) is 0 Å². The first-order valence-electron chi connectivity index (χ1n) is 9.98. The molecule has 1 aromatic heterocycles. The second-order valence-electron chi connectivity index (χ2n) is 7.98. The monoisotopic (exact) mass is 382 g/mol. The van der Waals surface area contributed by atoms with Crippen LogP contribution in [0.25, 0.3) is 0 Å². The molecule has 5 rings (SSSR count). The Kier molecular flexibility index (Phi) is 4.55. The van der Waals surface area contributed by atoms with E-state index in [0.717, 1.165) is 16.8 Å². The SMILES string of the molecule is CCOC1(OCC)C2c3c(OC(C)=O)cccc3C([n+]3ccccc32)C1(C)C. The molecule has 3 aliphatic rings. The summed E-state index contributed by atoms with van der Waals surface area (Å²) in [6.07, 6.45) is 2.12. The third kappa shape index (κ3) is 2.39. The lowest BCUT2D eigenvalue weighted by Crippen LogP contribution is -2.71. The zero-order chi connectivity index (χ0) is 20.1. The van der Waals surface area contributed by atoms with Crippen molar-refractivity contribution >= 4 is 5.97 Å². The number of hydrogen-bond donors (Lipinski definition) is 0. The second-order valence-corrected chi connectivity index (χ2v) is 7.98. The summed E-state index contributed by atoms with van der Waals surface area (Å²) in [5.74, 6) is -0.798. The molecule has 5 nitrogen and oxygen atoms in total. The number of carbonyl (C=O) groups is 1. The van der Waals surface area contributed by atoms with Crippen molar-refractivity contribution < 1.29 is 23.6 Å². The van der Waals surface area contributed by atoms with Crippen LogP contribution in [-0.4, -0.2) is 25.0 Å². The third-order valence-electron chi connectivity index (χ3n) is 6.11. The Balaban J connectivity index is 2.07. The van der Waals surface area contributed by atoms with Crippen LogP contribution in [0.1, 0.15) is 63.4 Å². The number of rotatable bonds is 5. The van der Waals surface area contributed by atoms with Gasteiger partial charge in [0.05, 0.1) is 5.41 Å². The fourth-order valence-electron chi connectivity index (χ4n) is 5.29. The predicted molar refractivity (Wildman–Crippen MR) is 104 cm³/mol. The van der Waals surface area contributed by atoms with Crippen molar-refractivity contribution in [3.8, 4) is 5.75 Å². The number of fused-ring (bicyclic) bond motifs is 1. The Morgan fingerprint density at radius 3 is 2.43 bits per heavy atom. The number of esters is 1. The third-order valence-corrected chi connectivity index (χ3v) is 6.11. The summed E-state index contributed by atoms with van der Waals surface area (Å²) < 4.78 is 20.9. The van der Waals surface area contributed by atoms with Crippen molar-refractivity contribution in [1.82, 2.24) is 0 Å². The van der Waals surface area contributed by atoms with E-state index in [1.807, 2.05) is 32.0 Å². The molecule has 0 radical (unpaired) electrons. The van der Waals surface area contributed by atoms with E-state index in [2.05, 4.69) is 42.8 Å². The van der Waals surface area contributed by atoms with E-state index in [1.165, 1.54) is 6.92 Å². The van der Waals surface area contributed by atoms with E-state index in [4.69, 9.17) is 14.2 Å². The van der Waals surface area contributed by atoms with Gasteiger partial charge in [-0.1, -0.05) is 18.2 Å². The molecule has 2 aromatic rings. The van der Waals surface area contributed by atoms with Crippen molar-refractivity contribution in [2.45, 2.75) is 52.4 Å². The minimum atomic E-state index is -0.855. The lowest BCUT2D eigenvalue weighted by molar-refractivity contribution is -0.755. The first-order chi connectivity index (χ1) is 13.4. The zero-order valence-corrected chi connectivity index (χ0v) is 17.2. The van der Waals surface area contributed by atoms with Crippen LogP contribution in [0.3, 0.4) is 0 Å². The summed E-state index contributed by atoms with van der Waals surface area (Å²) in [6, 6.07) is 12.2. The van der Waals surface area contributed by atoms with Gasteiger partial charge in [-0.25, -0.2) is 0 Å². The average Bonchev–Trinajstić information content (AvgIpc) is 2.64. The molecule has 28 heavy (non-hydrogen) atoms. The van der Waals surface area contributed by atoms with Crippen LogP contribution in [0.15, 0.2) is 42.6 Å². The van der Waals surface area contributed by atoms with E-state index in [-0.39, 0.29) is 23.3 Å². The summed E-state index contributed by atoms with van der Waals surface area (Å²) in [7, 11) is 0. The second kappa shape index (κ2) is 6.68. The molecule has 0 saturated carbocycles. The molecule has 2 atom stereocenters. The topological polar surface area (TPSA) is 48.6 Å². The smallest absolute Gasteiger partial charge is 0.308 e. The maximum absolute atomic E-state index is 11.8. The summed E-state index contributed by atoms with van der Waals surface area (Å²) in [5, 5.41) is 0. The molecule has 0 saturated heterocycles. The molecule has 0 amide bonds. The molecule has 148 valence electrons. The fraction of sp³-hybridized carbons (Fsp3) is 0.478. The zero-order valence-electron chi connectivity index (χ0n) is 17.2. The summed E-state index contributed by atoms with van der Waals surface area (Å²) >= 11 is 0. The Labute approximate surface area is 166 Å². The van der Waals surface area contributed by atoms with Gasteiger partial charge in [0.15, 0.2) is 23.7 Å². The average molecular weight is 382 g/mol. The van der Waals surface area contributed by atoms with Crippen molar-refractivity contribution in [2.24, 2.45) is 5.41 Å². The van der Waals surface area contributed by atoms with Crippen molar-refractivity contribution in [2.75, 3.05) is 13.2 Å². The molecule has 0 N–H and O–H groups in total. The van der Waals surface area contributed by atoms with Gasteiger partial charge in [0.1, 0.15) is 11.7 Å². The summed E-state index contributed by atoms with van der Waals surface area (Å²) in [5.41, 5.74) is 2.92. The van der Waals surface area contributed by atoms with Gasteiger partial charge < -0.3 is 14.2 Å². The standard InChI is InChI=1S/C23H28NO4/c1-6-26-23(27-7-2)20-17-12-8-9-14-24(17)21(22(23,4)5)16-11-10-13-18(19(16)20)28-15(3)25/h8-14,20-21H,6-7H2,1-5H3/q+1. The number of nitrogens with zero attached hydrogens (tertiary/aromatic N) is 1. The Hall–Kier alpha value is -2.24. The summed E-state index contributed by atoms with van der Waals surface area (Å²) in [4.78, 5) is 11.8. The Morgan fingerprint density at radius 1 is 1.07 bits per heavy atom. The van der Waals surface area contributed by atoms with Gasteiger partial charge in [-0.3, -0.25) is 4.79 Å². The van der Waals surface area contributed by atoms with Crippen LogP contribution >= 0.6 is 0 Å². The molecule has 5 heteroatoms. The predicted octanol–water partition coefficient (Wildman–Crippen LogP) is 3.74. The van der Waals surface area contributed by atoms with Gasteiger partial charge in [-0.2, -0.15) is 4.57 Å². The Morgan fingerprint density at radius 2 is 1.79 bits per heavy atom. The fourth-order valence-corrected chi connectivity index (χ4v) is 5.29. The van der Waals surface area contributed by atoms with Crippen molar-refractivity contribution in [1.29, 1.82) is 0 Å². The van der Waals surface area contributed by atoms with Gasteiger partial charge in [0.25, 0.3) is 0 Å². The molecule has 1 aliphatic carbocycles. The molecule has 2 unspecified atom stereocenters. The maximum atomic E-state index is 11.8. The quantitative estimate of drug-likeness (QED) is 0.342. The highest BCUT2D eigenvalue weighted by Gasteiger charge is 2.71. The molecule has 0 spiro atoms. The van der Waals surface area contributed by atoms with Gasteiger partial charge in [-0.05, 0) is 33.8 Å². The molecule has 3 heterocycles. The molecule has 2 aliphatic heterocycles. The van der Waals surface area contributed by atoms with E-state index in [9.17, 15) is 4.79 Å². The lowest BCUT2D eigenvalue weighted by atomic mass is 9.57.